The van der Waals surface area contributed by atoms with Crippen molar-refractivity contribution >= 4 is 5.91 Å². The highest BCUT2D eigenvalue weighted by Crippen LogP contribution is 2.22. The summed E-state index contributed by atoms with van der Waals surface area (Å²) in [4.78, 5) is 14.9. The molecule has 134 valence electrons. The molecule has 0 radical (unpaired) electrons. The molecule has 0 saturated carbocycles. The minimum absolute atomic E-state index is 0.100. The third-order valence-electron chi connectivity index (χ3n) is 5.04. The van der Waals surface area contributed by atoms with Gasteiger partial charge in [0.05, 0.1) is 17.9 Å². The van der Waals surface area contributed by atoms with Crippen molar-refractivity contribution < 1.29 is 9.53 Å². The fourth-order valence-corrected chi connectivity index (χ4v) is 3.48. The van der Waals surface area contributed by atoms with Gasteiger partial charge in [-0.05, 0) is 45.7 Å². The second-order valence-corrected chi connectivity index (χ2v) is 7.05. The predicted octanol–water partition coefficient (Wildman–Crippen LogP) is 3.28. The fourth-order valence-electron chi connectivity index (χ4n) is 3.48. The summed E-state index contributed by atoms with van der Waals surface area (Å²) >= 11 is 0. The van der Waals surface area contributed by atoms with E-state index >= 15 is 0 Å². The van der Waals surface area contributed by atoms with Gasteiger partial charge in [0.1, 0.15) is 5.75 Å². The highest BCUT2D eigenvalue weighted by Gasteiger charge is 2.28. The number of hydrogen-bond donors (Lipinski definition) is 0. The van der Waals surface area contributed by atoms with Crippen molar-refractivity contribution in [1.29, 1.82) is 0 Å². The first-order valence-electron chi connectivity index (χ1n) is 8.94. The first-order valence-corrected chi connectivity index (χ1v) is 8.94. The molecule has 0 spiro atoms. The van der Waals surface area contributed by atoms with Crippen LogP contribution in [0, 0.1) is 26.7 Å². The van der Waals surface area contributed by atoms with Crippen LogP contribution in [0.25, 0.3) is 0 Å². The second-order valence-electron chi connectivity index (χ2n) is 7.05. The lowest BCUT2D eigenvalue weighted by Gasteiger charge is -2.32. The fraction of sp³-hybridized carbons (Fsp3) is 0.500. The molecular formula is C20H27N3O2. The summed E-state index contributed by atoms with van der Waals surface area (Å²) in [6.07, 6.45) is 2.12. The first kappa shape index (κ1) is 17.5. The Hall–Kier alpha value is -2.30. The summed E-state index contributed by atoms with van der Waals surface area (Å²) in [6.45, 7) is 8.14. The van der Waals surface area contributed by atoms with Gasteiger partial charge in [0.2, 0.25) is 0 Å². The van der Waals surface area contributed by atoms with Crippen molar-refractivity contribution in [3.63, 3.8) is 0 Å². The van der Waals surface area contributed by atoms with E-state index in [9.17, 15) is 4.79 Å². The van der Waals surface area contributed by atoms with E-state index in [1.165, 1.54) is 5.56 Å². The van der Waals surface area contributed by atoms with E-state index < -0.39 is 0 Å². The number of amides is 1. The van der Waals surface area contributed by atoms with Crippen LogP contribution in [0.1, 0.15) is 40.2 Å². The maximum atomic E-state index is 12.9. The van der Waals surface area contributed by atoms with Gasteiger partial charge in [0.25, 0.3) is 5.91 Å². The van der Waals surface area contributed by atoms with Crippen LogP contribution in [0.2, 0.25) is 0 Å². The monoisotopic (exact) mass is 341 g/mol. The Morgan fingerprint density at radius 3 is 2.60 bits per heavy atom. The van der Waals surface area contributed by atoms with Crippen LogP contribution in [-0.4, -0.2) is 40.3 Å². The van der Waals surface area contributed by atoms with Crippen LogP contribution < -0.4 is 4.74 Å². The minimum Gasteiger partial charge on any atom is -0.493 e. The number of aryl methyl sites for hydroxylation is 3. The number of nitrogens with zero attached hydrogens (tertiary/aromatic N) is 3. The standard InChI is InChI=1S/C20H27N3O2/c1-14-7-9-18(10-8-14)25-13-17-6-5-11-23(12-17)20(24)19-15(2)21-22(4)16(19)3/h7-10,17H,5-6,11-13H2,1-4H3/t17-/m1/s1. The topological polar surface area (TPSA) is 47.4 Å². The maximum absolute atomic E-state index is 12.9. The summed E-state index contributed by atoms with van der Waals surface area (Å²) in [6, 6.07) is 8.12. The molecule has 25 heavy (non-hydrogen) atoms. The lowest BCUT2D eigenvalue weighted by atomic mass is 9.98. The van der Waals surface area contributed by atoms with Gasteiger partial charge >= 0.3 is 0 Å². The molecular weight excluding hydrogens is 314 g/mol. The lowest BCUT2D eigenvalue weighted by molar-refractivity contribution is 0.0632. The van der Waals surface area contributed by atoms with Crippen molar-refractivity contribution in [3.8, 4) is 5.75 Å². The molecule has 0 bridgehead atoms. The Bertz CT molecular complexity index is 749. The summed E-state index contributed by atoms with van der Waals surface area (Å²) in [5, 5.41) is 4.37. The molecule has 1 aliphatic rings. The van der Waals surface area contributed by atoms with E-state index in [0.29, 0.717) is 12.5 Å². The van der Waals surface area contributed by atoms with Crippen molar-refractivity contribution in [2.75, 3.05) is 19.7 Å². The average molecular weight is 341 g/mol. The molecule has 2 aromatic rings. The van der Waals surface area contributed by atoms with Crippen LogP contribution in [-0.2, 0) is 7.05 Å². The molecule has 0 unspecified atom stereocenters. The third kappa shape index (κ3) is 3.86. The molecule has 5 heteroatoms. The first-order chi connectivity index (χ1) is 12.0. The van der Waals surface area contributed by atoms with Crippen molar-refractivity contribution in [3.05, 3.63) is 46.8 Å². The third-order valence-corrected chi connectivity index (χ3v) is 5.04. The molecule has 5 nitrogen and oxygen atoms in total. The number of piperidine rings is 1. The Morgan fingerprint density at radius 1 is 1.24 bits per heavy atom. The Kier molecular flexibility index (Phi) is 5.11. The van der Waals surface area contributed by atoms with Gasteiger partial charge in [-0.15, -0.1) is 0 Å². The largest absolute Gasteiger partial charge is 0.493 e. The number of likely N-dealkylation sites (tertiary alicyclic amines) is 1. The Balaban J connectivity index is 1.62. The molecule has 1 amide bonds. The molecule has 1 aromatic heterocycles. The average Bonchev–Trinajstić information content (AvgIpc) is 2.86. The molecule has 1 aliphatic heterocycles. The molecule has 3 rings (SSSR count). The zero-order valence-electron chi connectivity index (χ0n) is 15.6. The van der Waals surface area contributed by atoms with E-state index in [1.807, 2.05) is 37.9 Å². The van der Waals surface area contributed by atoms with E-state index in [-0.39, 0.29) is 5.91 Å². The van der Waals surface area contributed by atoms with Gasteiger partial charge in [-0.25, -0.2) is 0 Å². The highest BCUT2D eigenvalue weighted by molar-refractivity contribution is 5.96. The number of carbonyl (C=O) groups is 1. The van der Waals surface area contributed by atoms with Crippen LogP contribution in [0.5, 0.6) is 5.75 Å². The SMILES string of the molecule is Cc1ccc(OC[C@@H]2CCCN(C(=O)c3c(C)nn(C)c3C)C2)cc1. The molecule has 1 saturated heterocycles. The van der Waals surface area contributed by atoms with Gasteiger partial charge in [-0.3, -0.25) is 9.48 Å². The number of carbonyl (C=O) groups excluding carboxylic acids is 1. The zero-order chi connectivity index (χ0) is 18.0. The number of aromatic nitrogens is 2. The number of benzene rings is 1. The summed E-state index contributed by atoms with van der Waals surface area (Å²) in [7, 11) is 1.88. The smallest absolute Gasteiger partial charge is 0.257 e. The van der Waals surface area contributed by atoms with E-state index in [0.717, 1.165) is 48.6 Å². The molecule has 1 fully saturated rings. The molecule has 2 heterocycles. The van der Waals surface area contributed by atoms with Gasteiger partial charge in [-0.1, -0.05) is 17.7 Å². The van der Waals surface area contributed by atoms with Gasteiger partial charge in [-0.2, -0.15) is 5.10 Å². The van der Waals surface area contributed by atoms with E-state index in [2.05, 4.69) is 24.2 Å². The second kappa shape index (κ2) is 7.30. The van der Waals surface area contributed by atoms with Crippen molar-refractivity contribution in [2.45, 2.75) is 33.6 Å². The van der Waals surface area contributed by atoms with Crippen molar-refractivity contribution in [1.82, 2.24) is 14.7 Å². The summed E-state index contributed by atoms with van der Waals surface area (Å²) in [5.41, 5.74) is 3.72. The minimum atomic E-state index is 0.100. The molecule has 0 aliphatic carbocycles. The Morgan fingerprint density at radius 2 is 1.96 bits per heavy atom. The van der Waals surface area contributed by atoms with Crippen LogP contribution >= 0.6 is 0 Å². The summed E-state index contributed by atoms with van der Waals surface area (Å²) in [5.74, 6) is 1.37. The maximum Gasteiger partial charge on any atom is 0.257 e. The zero-order valence-corrected chi connectivity index (χ0v) is 15.6. The highest BCUT2D eigenvalue weighted by atomic mass is 16.5. The predicted molar refractivity (Wildman–Crippen MR) is 98.0 cm³/mol. The molecule has 1 atom stereocenters. The normalized spacial score (nSPS) is 17.6. The van der Waals surface area contributed by atoms with E-state index in [4.69, 9.17) is 4.74 Å². The quantitative estimate of drug-likeness (QED) is 0.857. The van der Waals surface area contributed by atoms with Gasteiger partial charge in [0, 0.05) is 31.7 Å². The number of ether oxygens (including phenoxy) is 1. The summed E-state index contributed by atoms with van der Waals surface area (Å²) < 4.78 is 7.71. The number of rotatable bonds is 4. The van der Waals surface area contributed by atoms with Crippen LogP contribution in [0.4, 0.5) is 0 Å². The Labute approximate surface area is 149 Å². The molecule has 0 N–H and O–H groups in total. The van der Waals surface area contributed by atoms with Crippen LogP contribution in [0.3, 0.4) is 0 Å². The lowest BCUT2D eigenvalue weighted by Crippen LogP contribution is -2.42. The van der Waals surface area contributed by atoms with E-state index in [1.54, 1.807) is 4.68 Å². The molecule has 1 aromatic carbocycles. The van der Waals surface area contributed by atoms with Gasteiger partial charge in [0.15, 0.2) is 0 Å². The van der Waals surface area contributed by atoms with Crippen LogP contribution in [0.15, 0.2) is 24.3 Å². The number of hydrogen-bond acceptors (Lipinski definition) is 3. The van der Waals surface area contributed by atoms with Crippen molar-refractivity contribution in [2.24, 2.45) is 13.0 Å². The van der Waals surface area contributed by atoms with Gasteiger partial charge < -0.3 is 9.64 Å².